The largest absolute Gasteiger partial charge is 0.497 e. The highest BCUT2D eigenvalue weighted by molar-refractivity contribution is 5.47. The van der Waals surface area contributed by atoms with Crippen molar-refractivity contribution in [2.75, 3.05) is 32.1 Å². The summed E-state index contributed by atoms with van der Waals surface area (Å²) in [5, 5.41) is 3.65. The van der Waals surface area contributed by atoms with Crippen LogP contribution >= 0.6 is 0 Å². The van der Waals surface area contributed by atoms with Crippen LogP contribution in [0.3, 0.4) is 0 Å². The molecule has 0 amide bonds. The normalized spacial score (nSPS) is 20.8. The van der Waals surface area contributed by atoms with Crippen molar-refractivity contribution in [3.63, 3.8) is 0 Å². The van der Waals surface area contributed by atoms with Crippen molar-refractivity contribution in [1.29, 1.82) is 0 Å². The third-order valence-electron chi connectivity index (χ3n) is 3.82. The molecule has 1 aromatic rings. The molecule has 1 heterocycles. The highest BCUT2D eigenvalue weighted by Crippen LogP contribution is 2.19. The number of hydrogen-bond acceptors (Lipinski definition) is 3. The first-order valence-corrected chi connectivity index (χ1v) is 7.44. The van der Waals surface area contributed by atoms with E-state index in [9.17, 15) is 0 Å². The Morgan fingerprint density at radius 1 is 1.21 bits per heavy atom. The first-order chi connectivity index (χ1) is 9.31. The quantitative estimate of drug-likeness (QED) is 0.880. The molecule has 1 aliphatic rings. The van der Waals surface area contributed by atoms with Crippen LogP contribution in [0.4, 0.5) is 5.69 Å². The molecule has 106 valence electrons. The van der Waals surface area contributed by atoms with Crippen LogP contribution < -0.4 is 10.1 Å². The van der Waals surface area contributed by atoms with E-state index < -0.39 is 0 Å². The Balaban J connectivity index is 1.84. The predicted molar refractivity (Wildman–Crippen MR) is 81.0 cm³/mol. The molecule has 3 heteroatoms. The fourth-order valence-corrected chi connectivity index (χ4v) is 2.76. The summed E-state index contributed by atoms with van der Waals surface area (Å²) in [7, 11) is 1.70. The average molecular weight is 262 g/mol. The Labute approximate surface area is 116 Å². The van der Waals surface area contributed by atoms with E-state index >= 15 is 0 Å². The van der Waals surface area contributed by atoms with Gasteiger partial charge in [0.15, 0.2) is 0 Å². The second kappa shape index (κ2) is 7.39. The fraction of sp³-hybridized carbons (Fsp3) is 0.625. The van der Waals surface area contributed by atoms with Gasteiger partial charge in [-0.25, -0.2) is 0 Å². The molecule has 0 aliphatic carbocycles. The van der Waals surface area contributed by atoms with Gasteiger partial charge in [-0.2, -0.15) is 0 Å². The molecule has 1 aromatic carbocycles. The highest BCUT2D eigenvalue weighted by atomic mass is 16.5. The predicted octanol–water partition coefficient (Wildman–Crippen LogP) is 3.37. The van der Waals surface area contributed by atoms with Crippen LogP contribution in [0.5, 0.6) is 5.75 Å². The molecule has 1 N–H and O–H groups in total. The Morgan fingerprint density at radius 3 is 2.68 bits per heavy atom. The Morgan fingerprint density at radius 2 is 2.00 bits per heavy atom. The summed E-state index contributed by atoms with van der Waals surface area (Å²) in [5.74, 6) is 0.917. The molecule has 19 heavy (non-hydrogen) atoms. The van der Waals surface area contributed by atoms with Crippen molar-refractivity contribution >= 4 is 5.69 Å². The van der Waals surface area contributed by atoms with Gasteiger partial charge in [-0.1, -0.05) is 6.92 Å². The maximum atomic E-state index is 5.19. The molecule has 1 saturated heterocycles. The summed E-state index contributed by atoms with van der Waals surface area (Å²) in [5.41, 5.74) is 1.20. The van der Waals surface area contributed by atoms with Crippen molar-refractivity contribution in [1.82, 2.24) is 4.90 Å². The molecule has 3 nitrogen and oxygen atoms in total. The van der Waals surface area contributed by atoms with E-state index in [0.717, 1.165) is 5.75 Å². The van der Waals surface area contributed by atoms with Gasteiger partial charge in [0, 0.05) is 18.3 Å². The van der Waals surface area contributed by atoms with Gasteiger partial charge >= 0.3 is 0 Å². The van der Waals surface area contributed by atoms with Gasteiger partial charge in [0.25, 0.3) is 0 Å². The number of anilines is 1. The van der Waals surface area contributed by atoms with E-state index in [1.165, 1.54) is 51.0 Å². The lowest BCUT2D eigenvalue weighted by Gasteiger charge is -2.20. The standard InChI is InChI=1S/C16H26N2O/c1-3-11-18-12-4-5-14(10-13-18)17-15-6-8-16(19-2)9-7-15/h6-9,14,17H,3-5,10-13H2,1-2H3. The number of methoxy groups -OCH3 is 1. The molecule has 1 atom stereocenters. The molecular weight excluding hydrogens is 236 g/mol. The molecule has 2 rings (SSSR count). The molecule has 0 aromatic heterocycles. The maximum Gasteiger partial charge on any atom is 0.119 e. The number of likely N-dealkylation sites (tertiary alicyclic amines) is 1. The minimum absolute atomic E-state index is 0.607. The molecule has 1 fully saturated rings. The summed E-state index contributed by atoms with van der Waals surface area (Å²) in [6, 6.07) is 8.85. The topological polar surface area (TPSA) is 24.5 Å². The third-order valence-corrected chi connectivity index (χ3v) is 3.82. The molecule has 1 aliphatic heterocycles. The fourth-order valence-electron chi connectivity index (χ4n) is 2.76. The Kier molecular flexibility index (Phi) is 5.52. The second-order valence-electron chi connectivity index (χ2n) is 5.34. The van der Waals surface area contributed by atoms with Gasteiger partial charge in [0.1, 0.15) is 5.75 Å². The zero-order valence-corrected chi connectivity index (χ0v) is 12.2. The number of ether oxygens (including phenoxy) is 1. The van der Waals surface area contributed by atoms with Crippen LogP contribution in [0.25, 0.3) is 0 Å². The van der Waals surface area contributed by atoms with Crippen molar-refractivity contribution in [3.05, 3.63) is 24.3 Å². The Hall–Kier alpha value is -1.22. The monoisotopic (exact) mass is 262 g/mol. The first-order valence-electron chi connectivity index (χ1n) is 7.44. The lowest BCUT2D eigenvalue weighted by molar-refractivity contribution is 0.285. The van der Waals surface area contributed by atoms with E-state index in [2.05, 4.69) is 29.3 Å². The van der Waals surface area contributed by atoms with Gasteiger partial charge in [-0.05, 0) is 63.0 Å². The smallest absolute Gasteiger partial charge is 0.119 e. The average Bonchev–Trinajstić information content (AvgIpc) is 2.66. The summed E-state index contributed by atoms with van der Waals surface area (Å²) >= 11 is 0. The second-order valence-corrected chi connectivity index (χ2v) is 5.34. The minimum Gasteiger partial charge on any atom is -0.497 e. The van der Waals surface area contributed by atoms with E-state index in [0.29, 0.717) is 6.04 Å². The Bertz CT molecular complexity index is 364. The summed E-state index contributed by atoms with van der Waals surface area (Å²) in [6.45, 7) is 5.99. The highest BCUT2D eigenvalue weighted by Gasteiger charge is 2.16. The van der Waals surface area contributed by atoms with Crippen molar-refractivity contribution in [2.45, 2.75) is 38.6 Å². The van der Waals surface area contributed by atoms with Crippen molar-refractivity contribution in [2.24, 2.45) is 0 Å². The summed E-state index contributed by atoms with van der Waals surface area (Å²) < 4.78 is 5.19. The molecule has 0 saturated carbocycles. The van der Waals surface area contributed by atoms with E-state index in [1.54, 1.807) is 7.11 Å². The minimum atomic E-state index is 0.607. The summed E-state index contributed by atoms with van der Waals surface area (Å²) in [4.78, 5) is 2.59. The number of nitrogens with zero attached hydrogens (tertiary/aromatic N) is 1. The number of rotatable bonds is 5. The lowest BCUT2D eigenvalue weighted by atomic mass is 10.1. The zero-order valence-electron chi connectivity index (χ0n) is 12.2. The number of nitrogens with one attached hydrogen (secondary N) is 1. The summed E-state index contributed by atoms with van der Waals surface area (Å²) in [6.07, 6.45) is 5.07. The lowest BCUT2D eigenvalue weighted by Crippen LogP contribution is -2.27. The molecule has 0 bridgehead atoms. The van der Waals surface area contributed by atoms with E-state index in [4.69, 9.17) is 4.74 Å². The van der Waals surface area contributed by atoms with E-state index in [1.807, 2.05) is 12.1 Å². The first kappa shape index (κ1) is 14.2. The number of hydrogen-bond donors (Lipinski definition) is 1. The number of benzene rings is 1. The zero-order chi connectivity index (χ0) is 13.5. The molecular formula is C16H26N2O. The van der Waals surface area contributed by atoms with Crippen molar-refractivity contribution < 1.29 is 4.74 Å². The maximum absolute atomic E-state index is 5.19. The van der Waals surface area contributed by atoms with Crippen LogP contribution in [-0.4, -0.2) is 37.7 Å². The van der Waals surface area contributed by atoms with Gasteiger partial charge in [0.2, 0.25) is 0 Å². The SMILES string of the molecule is CCCN1CCCC(Nc2ccc(OC)cc2)CC1. The third kappa shape index (κ3) is 4.43. The van der Waals surface area contributed by atoms with Crippen LogP contribution in [0, 0.1) is 0 Å². The molecule has 1 unspecified atom stereocenters. The van der Waals surface area contributed by atoms with Gasteiger partial charge in [-0.3, -0.25) is 0 Å². The van der Waals surface area contributed by atoms with Gasteiger partial charge in [-0.15, -0.1) is 0 Å². The van der Waals surface area contributed by atoms with Crippen molar-refractivity contribution in [3.8, 4) is 5.75 Å². The van der Waals surface area contributed by atoms with Crippen LogP contribution in [-0.2, 0) is 0 Å². The molecule has 0 spiro atoms. The molecule has 0 radical (unpaired) electrons. The van der Waals surface area contributed by atoms with Gasteiger partial charge < -0.3 is 15.0 Å². The van der Waals surface area contributed by atoms with Crippen LogP contribution in [0.2, 0.25) is 0 Å². The van der Waals surface area contributed by atoms with Crippen LogP contribution in [0.1, 0.15) is 32.6 Å². The van der Waals surface area contributed by atoms with Gasteiger partial charge in [0.05, 0.1) is 7.11 Å². The van der Waals surface area contributed by atoms with Crippen LogP contribution in [0.15, 0.2) is 24.3 Å². The van der Waals surface area contributed by atoms with E-state index in [-0.39, 0.29) is 0 Å².